The highest BCUT2D eigenvalue weighted by Gasteiger charge is 2.31. The molecule has 1 saturated carbocycles. The number of ether oxygens (including phenoxy) is 2. The van der Waals surface area contributed by atoms with E-state index in [1.54, 1.807) is 0 Å². The fraction of sp³-hybridized carbons (Fsp3) is 0.438. The molecule has 2 amide bonds. The normalized spacial score (nSPS) is 30.8. The summed E-state index contributed by atoms with van der Waals surface area (Å²) in [5.74, 6) is -4.87. The number of carbonyl (C=O) groups excluding carboxylic acids is 2. The zero-order valence-electron chi connectivity index (χ0n) is 34.8. The summed E-state index contributed by atoms with van der Waals surface area (Å²) in [5, 5.41) is -0.159. The van der Waals surface area contributed by atoms with Crippen LogP contribution in [0.4, 0.5) is 0 Å². The second kappa shape index (κ2) is 11.8. The average molecular weight is 618 g/mol. The Morgan fingerprint density at radius 2 is 1.81 bits per heavy atom. The molecule has 1 aromatic heterocycles. The smallest absolute Gasteiger partial charge is 0.303 e. The number of amides is 2. The highest BCUT2D eigenvalue weighted by Crippen LogP contribution is 2.47. The molecule has 4 bridgehead atoms. The quantitative estimate of drug-likeness (QED) is 0.463. The summed E-state index contributed by atoms with van der Waals surface area (Å²) in [5.41, 5.74) is -0.472. The van der Waals surface area contributed by atoms with Crippen LogP contribution in [0.2, 0.25) is 0 Å². The van der Waals surface area contributed by atoms with Crippen LogP contribution in [0, 0.1) is 0 Å². The van der Waals surface area contributed by atoms with Crippen molar-refractivity contribution < 1.29 is 42.6 Å². The molecular formula is C32H38N4O6S. The maximum absolute atomic E-state index is 14.1. The molecule has 3 aliphatic rings. The first-order chi connectivity index (χ1) is 24.8. The van der Waals surface area contributed by atoms with E-state index in [9.17, 15) is 19.4 Å². The first-order valence-corrected chi connectivity index (χ1v) is 14.9. The Morgan fingerprint density at radius 3 is 2.58 bits per heavy atom. The van der Waals surface area contributed by atoms with Gasteiger partial charge >= 0.3 is 10.2 Å². The largest absolute Gasteiger partial charge is 0.497 e. The topological polar surface area (TPSA) is 110 Å². The van der Waals surface area contributed by atoms with E-state index >= 15 is 0 Å². The number of aromatic nitrogens is 1. The van der Waals surface area contributed by atoms with Gasteiger partial charge in [-0.15, -0.1) is 0 Å². The van der Waals surface area contributed by atoms with Crippen LogP contribution in [0.3, 0.4) is 0 Å². The van der Waals surface area contributed by atoms with E-state index in [1.165, 1.54) is 67.1 Å². The van der Waals surface area contributed by atoms with Gasteiger partial charge in [0.05, 0.1) is 32.6 Å². The van der Waals surface area contributed by atoms with Crippen LogP contribution < -0.4 is 9.46 Å². The lowest BCUT2D eigenvalue weighted by Crippen LogP contribution is -2.42. The van der Waals surface area contributed by atoms with E-state index in [2.05, 4.69) is 0 Å². The molecule has 0 saturated heterocycles. The summed E-state index contributed by atoms with van der Waals surface area (Å²) < 4.78 is 139. The predicted molar refractivity (Wildman–Crippen MR) is 165 cm³/mol. The standard InChI is InChI=1S/C32H38N4O6S/c1-34-13-15-42-16-14-35(2)43(39,40)33-31(37)22-9-11-27-28(19-22)36-20-24(32(34)38)17-23-18-25(41-3)10-12-26(23)30(36)29(27)21-7-5-4-6-8-21/h9-12,17-19,21H,4-8,13-16,20H2,1-3H3,(H,33,37)/i4D2,5D2,6D2,7D2,8D2,21D. The summed E-state index contributed by atoms with van der Waals surface area (Å²) in [4.78, 5) is 29.0. The second-order valence-corrected chi connectivity index (χ2v) is 12.0. The molecule has 43 heavy (non-hydrogen) atoms. The van der Waals surface area contributed by atoms with Gasteiger partial charge in [0.2, 0.25) is 0 Å². The SMILES string of the molecule is [2H]C1([2H])C([2H])([2H])C([2H])([2H])C([2H])(c2c3n4c5cc(ccc25)C(=O)NS(=O)(=O)N(C)CCOCCN(C)C(=O)C(=Cc2cc(OC)ccc2-3)C4)C([2H])([2H])C1([2H])[2H]. The van der Waals surface area contributed by atoms with E-state index < -0.39 is 65.3 Å². The minimum Gasteiger partial charge on any atom is -0.497 e. The third kappa shape index (κ3) is 5.57. The Labute approximate surface area is 267 Å². The summed E-state index contributed by atoms with van der Waals surface area (Å²) in [6.45, 7) is -0.492. The van der Waals surface area contributed by atoms with Crippen molar-refractivity contribution in [3.8, 4) is 17.0 Å². The lowest BCUT2D eigenvalue weighted by Gasteiger charge is -2.24. The number of nitrogens with zero attached hydrogens (tertiary/aromatic N) is 3. The van der Waals surface area contributed by atoms with Crippen molar-refractivity contribution in [3.63, 3.8) is 0 Å². The number of carbonyl (C=O) groups is 2. The molecular weight excluding hydrogens is 568 g/mol. The zero-order valence-corrected chi connectivity index (χ0v) is 24.6. The number of likely N-dealkylation sites (N-methyl/N-ethyl adjacent to an activating group) is 2. The number of nitrogens with one attached hydrogen (secondary N) is 1. The highest BCUT2D eigenvalue weighted by atomic mass is 32.2. The Bertz CT molecular complexity index is 2190. The number of hydrogen-bond donors (Lipinski definition) is 1. The van der Waals surface area contributed by atoms with Crippen molar-refractivity contribution in [1.82, 2.24) is 18.5 Å². The van der Waals surface area contributed by atoms with Gasteiger partial charge in [0, 0.05) is 69.9 Å². The molecule has 1 N–H and O–H groups in total. The van der Waals surface area contributed by atoms with Crippen molar-refractivity contribution in [2.75, 3.05) is 47.5 Å². The van der Waals surface area contributed by atoms with Gasteiger partial charge in [-0.25, -0.2) is 4.72 Å². The van der Waals surface area contributed by atoms with E-state index in [1.807, 2.05) is 4.72 Å². The van der Waals surface area contributed by atoms with Crippen LogP contribution in [0.5, 0.6) is 5.75 Å². The van der Waals surface area contributed by atoms with Gasteiger partial charge in [-0.05, 0) is 66.2 Å². The van der Waals surface area contributed by atoms with E-state index in [-0.39, 0.29) is 71.7 Å². The van der Waals surface area contributed by atoms with Crippen LogP contribution in [0.25, 0.3) is 28.2 Å². The van der Waals surface area contributed by atoms with Crippen LogP contribution in [-0.4, -0.2) is 81.5 Å². The van der Waals surface area contributed by atoms with Gasteiger partial charge in [0.15, 0.2) is 0 Å². The molecule has 3 heterocycles. The maximum atomic E-state index is 14.1. The molecule has 6 rings (SSSR count). The fourth-order valence-corrected chi connectivity index (χ4v) is 6.14. The number of rotatable bonds is 2. The molecule has 10 nitrogen and oxygen atoms in total. The van der Waals surface area contributed by atoms with E-state index in [0.29, 0.717) is 5.75 Å². The summed E-state index contributed by atoms with van der Waals surface area (Å²) in [6.07, 6.45) is -17.5. The number of hydrogen-bond acceptors (Lipinski definition) is 6. The van der Waals surface area contributed by atoms with Crippen molar-refractivity contribution in [2.45, 2.75) is 44.3 Å². The summed E-state index contributed by atoms with van der Waals surface area (Å²) >= 11 is 0. The minimum absolute atomic E-state index is 0.00708. The molecule has 1 aliphatic carbocycles. The highest BCUT2D eigenvalue weighted by molar-refractivity contribution is 7.87. The number of methoxy groups -OCH3 is 1. The Hall–Kier alpha value is -3.67. The Kier molecular flexibility index (Phi) is 5.17. The minimum atomic E-state index is -4.41. The molecule has 0 atom stereocenters. The predicted octanol–water partition coefficient (Wildman–Crippen LogP) is 4.16. The molecule has 0 radical (unpaired) electrons. The lowest BCUT2D eigenvalue weighted by atomic mass is 9.81. The van der Waals surface area contributed by atoms with Crippen molar-refractivity contribution in [3.05, 3.63) is 58.7 Å². The van der Waals surface area contributed by atoms with Crippen LogP contribution in [0.1, 0.15) is 74.3 Å². The first-order valence-electron chi connectivity index (χ1n) is 19.0. The summed E-state index contributed by atoms with van der Waals surface area (Å²) in [7, 11) is -0.278. The van der Waals surface area contributed by atoms with Crippen LogP contribution in [0.15, 0.2) is 42.0 Å². The lowest BCUT2D eigenvalue weighted by molar-refractivity contribution is -0.126. The van der Waals surface area contributed by atoms with E-state index in [0.717, 1.165) is 10.4 Å². The molecule has 3 aromatic rings. The van der Waals surface area contributed by atoms with Crippen molar-refractivity contribution in [2.24, 2.45) is 0 Å². The van der Waals surface area contributed by atoms with Gasteiger partial charge in [-0.3, -0.25) is 9.59 Å². The fourth-order valence-electron chi connectivity index (χ4n) is 5.32. The van der Waals surface area contributed by atoms with Crippen LogP contribution >= 0.6 is 0 Å². The zero-order chi connectivity index (χ0) is 40.2. The first kappa shape index (κ1) is 18.9. The van der Waals surface area contributed by atoms with Crippen molar-refractivity contribution in [1.29, 1.82) is 0 Å². The van der Waals surface area contributed by atoms with Gasteiger partial charge in [0.25, 0.3) is 11.8 Å². The van der Waals surface area contributed by atoms with E-state index in [4.69, 9.17) is 23.2 Å². The molecule has 2 aliphatic heterocycles. The number of benzene rings is 2. The molecule has 0 spiro atoms. The Morgan fingerprint density at radius 1 is 1.05 bits per heavy atom. The third-order valence-electron chi connectivity index (χ3n) is 7.62. The average Bonchev–Trinajstić information content (AvgIpc) is 3.31. The number of fused-ring (bicyclic) bond motifs is 4. The molecule has 11 heteroatoms. The maximum Gasteiger partial charge on any atom is 0.303 e. The van der Waals surface area contributed by atoms with Crippen LogP contribution in [-0.2, 0) is 26.3 Å². The monoisotopic (exact) mass is 617 g/mol. The van der Waals surface area contributed by atoms with Gasteiger partial charge in [-0.1, -0.05) is 25.2 Å². The van der Waals surface area contributed by atoms with Crippen molar-refractivity contribution >= 4 is 39.0 Å². The molecule has 2 aromatic carbocycles. The summed E-state index contributed by atoms with van der Waals surface area (Å²) in [6, 6.07) is 8.06. The molecule has 228 valence electrons. The van der Waals surface area contributed by atoms with Gasteiger partial charge in [-0.2, -0.15) is 12.7 Å². The molecule has 1 fully saturated rings. The second-order valence-electron chi connectivity index (χ2n) is 10.3. The third-order valence-corrected chi connectivity index (χ3v) is 9.07. The van der Waals surface area contributed by atoms with Gasteiger partial charge < -0.3 is 18.9 Å². The molecule has 0 unspecified atom stereocenters. The Balaban J connectivity index is 1.78. The van der Waals surface area contributed by atoms with Gasteiger partial charge in [0.1, 0.15) is 5.75 Å².